The monoisotopic (exact) mass is 316 g/mol. The van der Waals surface area contributed by atoms with E-state index in [1.807, 2.05) is 36.0 Å². The molecule has 1 atom stereocenters. The summed E-state index contributed by atoms with van der Waals surface area (Å²) in [6, 6.07) is 5.95. The van der Waals surface area contributed by atoms with Crippen molar-refractivity contribution in [3.8, 4) is 0 Å². The summed E-state index contributed by atoms with van der Waals surface area (Å²) in [6.45, 7) is 2.21. The number of likely N-dealkylation sites (tertiary alicyclic amines) is 1. The van der Waals surface area contributed by atoms with E-state index in [0.29, 0.717) is 24.6 Å². The average molecular weight is 316 g/mol. The van der Waals surface area contributed by atoms with Crippen LogP contribution in [-0.2, 0) is 4.79 Å². The largest absolute Gasteiger partial charge is 0.372 e. The van der Waals surface area contributed by atoms with E-state index in [1.54, 1.807) is 6.07 Å². The molecule has 1 aromatic carbocycles. The van der Waals surface area contributed by atoms with Crippen molar-refractivity contribution in [3.63, 3.8) is 0 Å². The first-order chi connectivity index (χ1) is 11.1. The quantitative estimate of drug-likeness (QED) is 0.863. The highest BCUT2D eigenvalue weighted by Gasteiger charge is 2.25. The molecule has 0 saturated carbocycles. The van der Waals surface area contributed by atoms with E-state index in [9.17, 15) is 9.59 Å². The van der Waals surface area contributed by atoms with Crippen LogP contribution in [0.15, 0.2) is 18.2 Å². The second-order valence-corrected chi connectivity index (χ2v) is 6.33. The van der Waals surface area contributed by atoms with E-state index in [1.165, 1.54) is 0 Å². The van der Waals surface area contributed by atoms with Crippen molar-refractivity contribution in [1.29, 1.82) is 0 Å². The molecule has 1 unspecified atom stereocenters. The Morgan fingerprint density at radius 1 is 1.35 bits per heavy atom. The van der Waals surface area contributed by atoms with Crippen LogP contribution in [0.2, 0.25) is 0 Å². The zero-order valence-electron chi connectivity index (χ0n) is 13.8. The zero-order valence-corrected chi connectivity index (χ0v) is 13.8. The third kappa shape index (κ3) is 3.32. The normalized spacial score (nSPS) is 21.5. The first-order valence-electron chi connectivity index (χ1n) is 8.20. The fraction of sp³-hybridized carbons (Fsp3) is 0.529. The third-order valence-corrected chi connectivity index (χ3v) is 4.72. The summed E-state index contributed by atoms with van der Waals surface area (Å²) < 4.78 is 0. The van der Waals surface area contributed by atoms with Crippen LogP contribution in [0.25, 0.3) is 0 Å². The molecule has 2 N–H and O–H groups in total. The molecule has 0 spiro atoms. The number of amides is 2. The van der Waals surface area contributed by atoms with Gasteiger partial charge in [0.1, 0.15) is 0 Å². The Kier molecular flexibility index (Phi) is 4.52. The lowest BCUT2D eigenvalue weighted by Crippen LogP contribution is -2.46. The number of hydrogen-bond donors (Lipinski definition) is 2. The van der Waals surface area contributed by atoms with Crippen molar-refractivity contribution in [2.24, 2.45) is 0 Å². The summed E-state index contributed by atoms with van der Waals surface area (Å²) in [5.74, 6) is 0.0299. The van der Waals surface area contributed by atoms with Gasteiger partial charge in [0.25, 0.3) is 5.91 Å². The van der Waals surface area contributed by atoms with Crippen LogP contribution in [0, 0.1) is 0 Å². The molecule has 3 rings (SSSR count). The van der Waals surface area contributed by atoms with Crippen LogP contribution < -0.4 is 15.5 Å². The molecule has 2 aliphatic rings. The first kappa shape index (κ1) is 15.8. The van der Waals surface area contributed by atoms with Crippen LogP contribution in [0.4, 0.5) is 11.4 Å². The van der Waals surface area contributed by atoms with E-state index in [2.05, 4.69) is 10.6 Å². The van der Waals surface area contributed by atoms with Gasteiger partial charge in [-0.3, -0.25) is 9.59 Å². The fourth-order valence-electron chi connectivity index (χ4n) is 3.28. The standard InChI is InChI=1S/C17H24N4O2/c1-18-13-4-3-8-21(11-13)17(23)12-5-6-15-14(10-12)19-16(22)7-9-20(15)2/h5-6,10,13,18H,3-4,7-9,11H2,1-2H3,(H,19,22). The van der Waals surface area contributed by atoms with E-state index < -0.39 is 0 Å². The Balaban J connectivity index is 1.83. The number of rotatable bonds is 2. The van der Waals surface area contributed by atoms with E-state index in [0.717, 1.165) is 37.3 Å². The van der Waals surface area contributed by atoms with Crippen molar-refractivity contribution < 1.29 is 9.59 Å². The highest BCUT2D eigenvalue weighted by molar-refractivity contribution is 6.01. The van der Waals surface area contributed by atoms with Crippen molar-refractivity contribution >= 4 is 23.2 Å². The van der Waals surface area contributed by atoms with Crippen LogP contribution in [0.1, 0.15) is 29.6 Å². The van der Waals surface area contributed by atoms with Gasteiger partial charge in [-0.15, -0.1) is 0 Å². The van der Waals surface area contributed by atoms with Gasteiger partial charge < -0.3 is 20.4 Å². The van der Waals surface area contributed by atoms with Gasteiger partial charge >= 0.3 is 0 Å². The van der Waals surface area contributed by atoms with Crippen LogP contribution >= 0.6 is 0 Å². The highest BCUT2D eigenvalue weighted by atomic mass is 16.2. The molecule has 6 heteroatoms. The molecule has 1 saturated heterocycles. The molecular formula is C17H24N4O2. The molecular weight excluding hydrogens is 292 g/mol. The van der Waals surface area contributed by atoms with E-state index in [-0.39, 0.29) is 11.8 Å². The van der Waals surface area contributed by atoms with Crippen LogP contribution in [0.5, 0.6) is 0 Å². The number of fused-ring (bicyclic) bond motifs is 1. The molecule has 2 heterocycles. The lowest BCUT2D eigenvalue weighted by atomic mass is 10.0. The first-order valence-corrected chi connectivity index (χ1v) is 8.20. The molecule has 2 aliphatic heterocycles. The van der Waals surface area contributed by atoms with Gasteiger partial charge in [-0.1, -0.05) is 0 Å². The van der Waals surface area contributed by atoms with Gasteiger partial charge in [0.2, 0.25) is 5.91 Å². The maximum absolute atomic E-state index is 12.8. The average Bonchev–Trinajstić information content (AvgIpc) is 2.72. The van der Waals surface area contributed by atoms with Crippen LogP contribution in [-0.4, -0.2) is 56.5 Å². The van der Waals surface area contributed by atoms with Gasteiger partial charge in [-0.25, -0.2) is 0 Å². The van der Waals surface area contributed by atoms with Gasteiger partial charge in [0, 0.05) is 44.7 Å². The van der Waals surface area contributed by atoms with Crippen molar-refractivity contribution in [1.82, 2.24) is 10.2 Å². The number of nitrogens with zero attached hydrogens (tertiary/aromatic N) is 2. The zero-order chi connectivity index (χ0) is 16.4. The second-order valence-electron chi connectivity index (χ2n) is 6.33. The maximum atomic E-state index is 12.8. The number of piperidine rings is 1. The minimum Gasteiger partial charge on any atom is -0.372 e. The topological polar surface area (TPSA) is 64.7 Å². The Bertz CT molecular complexity index is 617. The molecule has 0 bridgehead atoms. The lowest BCUT2D eigenvalue weighted by Gasteiger charge is -2.32. The van der Waals surface area contributed by atoms with Gasteiger partial charge in [-0.2, -0.15) is 0 Å². The predicted molar refractivity (Wildman–Crippen MR) is 90.9 cm³/mol. The molecule has 1 aromatic rings. The number of hydrogen-bond acceptors (Lipinski definition) is 4. The number of carbonyl (C=O) groups is 2. The summed E-state index contributed by atoms with van der Waals surface area (Å²) in [4.78, 5) is 28.5. The molecule has 2 amide bonds. The number of nitrogens with one attached hydrogen (secondary N) is 2. The SMILES string of the molecule is CNC1CCCN(C(=O)c2ccc3c(c2)NC(=O)CCN3C)C1. The number of benzene rings is 1. The third-order valence-electron chi connectivity index (χ3n) is 4.72. The Morgan fingerprint density at radius 2 is 2.17 bits per heavy atom. The van der Waals surface area contributed by atoms with Crippen molar-refractivity contribution in [2.75, 3.05) is 43.9 Å². The molecule has 6 nitrogen and oxygen atoms in total. The molecule has 0 radical (unpaired) electrons. The van der Waals surface area contributed by atoms with E-state index in [4.69, 9.17) is 0 Å². The number of carbonyl (C=O) groups excluding carboxylic acids is 2. The van der Waals surface area contributed by atoms with Crippen molar-refractivity contribution in [3.05, 3.63) is 23.8 Å². The molecule has 0 aromatic heterocycles. The Morgan fingerprint density at radius 3 is 2.96 bits per heavy atom. The number of likely N-dealkylation sites (N-methyl/N-ethyl adjacent to an activating group) is 1. The summed E-state index contributed by atoms with van der Waals surface area (Å²) in [5, 5.41) is 6.16. The van der Waals surface area contributed by atoms with E-state index >= 15 is 0 Å². The summed E-state index contributed by atoms with van der Waals surface area (Å²) in [7, 11) is 3.90. The van der Waals surface area contributed by atoms with Crippen molar-refractivity contribution in [2.45, 2.75) is 25.3 Å². The maximum Gasteiger partial charge on any atom is 0.253 e. The number of anilines is 2. The smallest absolute Gasteiger partial charge is 0.253 e. The molecule has 1 fully saturated rings. The Labute approximate surface area is 136 Å². The molecule has 124 valence electrons. The fourth-order valence-corrected chi connectivity index (χ4v) is 3.28. The summed E-state index contributed by atoms with van der Waals surface area (Å²) in [6.07, 6.45) is 2.58. The minimum absolute atomic E-state index is 0.00609. The lowest BCUT2D eigenvalue weighted by molar-refractivity contribution is -0.115. The van der Waals surface area contributed by atoms with Crippen LogP contribution in [0.3, 0.4) is 0 Å². The summed E-state index contributed by atoms with van der Waals surface area (Å²) in [5.41, 5.74) is 2.32. The molecule has 0 aliphatic carbocycles. The highest BCUT2D eigenvalue weighted by Crippen LogP contribution is 2.29. The van der Waals surface area contributed by atoms with Gasteiger partial charge in [-0.05, 0) is 38.1 Å². The van der Waals surface area contributed by atoms with Gasteiger partial charge in [0.15, 0.2) is 0 Å². The summed E-state index contributed by atoms with van der Waals surface area (Å²) >= 11 is 0. The van der Waals surface area contributed by atoms with Gasteiger partial charge in [0.05, 0.1) is 11.4 Å². The Hall–Kier alpha value is -2.08. The predicted octanol–water partition coefficient (Wildman–Crippen LogP) is 1.29. The minimum atomic E-state index is -0.00609. The second kappa shape index (κ2) is 6.58. The molecule has 23 heavy (non-hydrogen) atoms.